The van der Waals surface area contributed by atoms with E-state index in [1.165, 1.54) is 0 Å². The third-order valence-electron chi connectivity index (χ3n) is 2.36. The maximum Gasteiger partial charge on any atom is 0.129 e. The van der Waals surface area contributed by atoms with Crippen LogP contribution >= 0.6 is 15.9 Å². The molecule has 2 rings (SSSR count). The predicted molar refractivity (Wildman–Crippen MR) is 72.8 cm³/mol. The fourth-order valence-electron chi connectivity index (χ4n) is 1.50. The van der Waals surface area contributed by atoms with Gasteiger partial charge in [0.15, 0.2) is 0 Å². The van der Waals surface area contributed by atoms with Crippen molar-refractivity contribution in [3.63, 3.8) is 0 Å². The second-order valence-electron chi connectivity index (χ2n) is 3.73. The highest BCUT2D eigenvalue weighted by Crippen LogP contribution is 2.18. The van der Waals surface area contributed by atoms with E-state index in [0.717, 1.165) is 15.9 Å². The average molecular weight is 326 g/mol. The fraction of sp³-hybridized carbons (Fsp3) is 0.364. The summed E-state index contributed by atoms with van der Waals surface area (Å²) >= 11 is 3.33. The second kappa shape index (κ2) is 7.10. The molecule has 19 heavy (non-hydrogen) atoms. The maximum absolute atomic E-state index is 8.11. The summed E-state index contributed by atoms with van der Waals surface area (Å²) in [6.45, 7) is 1.10. The minimum Gasteiger partial charge on any atom is -0.378 e. The number of azide groups is 1. The van der Waals surface area contributed by atoms with E-state index < -0.39 is 0 Å². The second-order valence-corrected chi connectivity index (χ2v) is 4.65. The van der Waals surface area contributed by atoms with Crippen LogP contribution in [-0.2, 0) is 9.57 Å². The van der Waals surface area contributed by atoms with Gasteiger partial charge in [-0.1, -0.05) is 5.11 Å². The molecule has 1 aromatic rings. The molecule has 7 nitrogen and oxygen atoms in total. The van der Waals surface area contributed by atoms with Crippen molar-refractivity contribution in [3.8, 4) is 0 Å². The molecule has 0 unspecified atom stereocenters. The number of aromatic nitrogens is 1. The summed E-state index contributed by atoms with van der Waals surface area (Å²) in [6, 6.07) is 3.80. The van der Waals surface area contributed by atoms with E-state index in [2.05, 4.69) is 36.4 Å². The SMILES string of the molecule is [N-]=[N+]=NCCOC[C@@H]1C=C(c2ccc(Br)cn2)NO1. The van der Waals surface area contributed by atoms with Crippen molar-refractivity contribution in [2.45, 2.75) is 6.10 Å². The first-order chi connectivity index (χ1) is 9.29. The van der Waals surface area contributed by atoms with Crippen LogP contribution in [0.4, 0.5) is 0 Å². The van der Waals surface area contributed by atoms with E-state index in [9.17, 15) is 0 Å². The molecule has 1 atom stereocenters. The summed E-state index contributed by atoms with van der Waals surface area (Å²) in [7, 11) is 0. The van der Waals surface area contributed by atoms with Gasteiger partial charge in [-0.05, 0) is 39.7 Å². The summed E-state index contributed by atoms with van der Waals surface area (Å²) in [6.07, 6.45) is 3.46. The molecule has 0 amide bonds. The highest BCUT2D eigenvalue weighted by molar-refractivity contribution is 9.10. The van der Waals surface area contributed by atoms with Crippen molar-refractivity contribution in [2.75, 3.05) is 19.8 Å². The molecule has 0 spiro atoms. The molecule has 8 heteroatoms. The molecule has 1 aliphatic rings. The van der Waals surface area contributed by atoms with E-state index in [-0.39, 0.29) is 6.10 Å². The van der Waals surface area contributed by atoms with Gasteiger partial charge < -0.3 is 4.74 Å². The Bertz CT molecular complexity index is 498. The smallest absolute Gasteiger partial charge is 0.129 e. The van der Waals surface area contributed by atoms with E-state index in [1.54, 1.807) is 6.20 Å². The number of pyridine rings is 1. The number of hydroxylamine groups is 1. The average Bonchev–Trinajstić information content (AvgIpc) is 2.88. The first-order valence-electron chi connectivity index (χ1n) is 5.63. The molecule has 1 aliphatic heterocycles. The lowest BCUT2D eigenvalue weighted by Crippen LogP contribution is -2.18. The molecule has 0 aliphatic carbocycles. The zero-order chi connectivity index (χ0) is 13.5. The first kappa shape index (κ1) is 13.8. The molecule has 0 bridgehead atoms. The third kappa shape index (κ3) is 4.22. The van der Waals surface area contributed by atoms with E-state index in [1.807, 2.05) is 18.2 Å². The Hall–Kier alpha value is -1.60. The molecular formula is C11H12BrN5O2. The number of nitrogens with zero attached hydrogens (tertiary/aromatic N) is 4. The molecular weight excluding hydrogens is 314 g/mol. The number of rotatable bonds is 6. The number of hydrogen-bond donors (Lipinski definition) is 1. The molecule has 0 radical (unpaired) electrons. The summed E-state index contributed by atoms with van der Waals surface area (Å²) < 4.78 is 6.25. The normalized spacial score (nSPS) is 17.5. The van der Waals surface area contributed by atoms with Gasteiger partial charge in [-0.25, -0.2) is 0 Å². The molecule has 0 saturated carbocycles. The monoisotopic (exact) mass is 325 g/mol. The van der Waals surface area contributed by atoms with Crippen LogP contribution in [0.15, 0.2) is 34.0 Å². The molecule has 1 N–H and O–H groups in total. The summed E-state index contributed by atoms with van der Waals surface area (Å²) in [4.78, 5) is 12.2. The number of hydrogen-bond acceptors (Lipinski definition) is 5. The van der Waals surface area contributed by atoms with Crippen molar-refractivity contribution >= 4 is 21.6 Å². The lowest BCUT2D eigenvalue weighted by Gasteiger charge is -2.07. The number of halogens is 1. The van der Waals surface area contributed by atoms with Crippen molar-refractivity contribution in [3.05, 3.63) is 45.0 Å². The van der Waals surface area contributed by atoms with Crippen LogP contribution in [-0.4, -0.2) is 30.8 Å². The van der Waals surface area contributed by atoms with Gasteiger partial charge in [0.2, 0.25) is 0 Å². The van der Waals surface area contributed by atoms with Crippen LogP contribution in [0.1, 0.15) is 5.69 Å². The Labute approximate surface area is 118 Å². The van der Waals surface area contributed by atoms with E-state index in [0.29, 0.717) is 19.8 Å². The van der Waals surface area contributed by atoms with Gasteiger partial charge in [-0.3, -0.25) is 15.3 Å². The van der Waals surface area contributed by atoms with Crippen LogP contribution < -0.4 is 5.48 Å². The first-order valence-corrected chi connectivity index (χ1v) is 6.43. The van der Waals surface area contributed by atoms with Crippen molar-refractivity contribution in [1.29, 1.82) is 0 Å². The fourth-order valence-corrected chi connectivity index (χ4v) is 1.73. The Morgan fingerprint density at radius 1 is 1.58 bits per heavy atom. The molecule has 100 valence electrons. The van der Waals surface area contributed by atoms with Gasteiger partial charge in [0.25, 0.3) is 0 Å². The topological polar surface area (TPSA) is 92.1 Å². The Kier molecular flexibility index (Phi) is 5.17. The summed E-state index contributed by atoms with van der Waals surface area (Å²) in [5.74, 6) is 0. The Balaban J connectivity index is 1.83. The van der Waals surface area contributed by atoms with Gasteiger partial charge in [-0.15, -0.1) is 0 Å². The summed E-state index contributed by atoms with van der Waals surface area (Å²) in [5, 5.41) is 3.38. The lowest BCUT2D eigenvalue weighted by atomic mass is 10.2. The van der Waals surface area contributed by atoms with Gasteiger partial charge in [-0.2, -0.15) is 0 Å². The quantitative estimate of drug-likeness (QED) is 0.376. The van der Waals surface area contributed by atoms with Crippen LogP contribution in [0.5, 0.6) is 0 Å². The van der Waals surface area contributed by atoms with Crippen LogP contribution in [0, 0.1) is 0 Å². The van der Waals surface area contributed by atoms with Crippen molar-refractivity contribution < 1.29 is 9.57 Å². The van der Waals surface area contributed by atoms with Gasteiger partial charge in [0.1, 0.15) is 6.10 Å². The Morgan fingerprint density at radius 2 is 2.47 bits per heavy atom. The van der Waals surface area contributed by atoms with Crippen molar-refractivity contribution in [2.24, 2.45) is 5.11 Å². The van der Waals surface area contributed by atoms with E-state index in [4.69, 9.17) is 15.1 Å². The zero-order valence-corrected chi connectivity index (χ0v) is 11.6. The van der Waals surface area contributed by atoms with Gasteiger partial charge in [0, 0.05) is 22.1 Å². The van der Waals surface area contributed by atoms with Gasteiger partial charge >= 0.3 is 0 Å². The molecule has 0 saturated heterocycles. The van der Waals surface area contributed by atoms with E-state index >= 15 is 0 Å². The number of ether oxygens (including phenoxy) is 1. The summed E-state index contributed by atoms with van der Waals surface area (Å²) in [5.41, 5.74) is 12.5. The predicted octanol–water partition coefficient (Wildman–Crippen LogP) is 2.42. The van der Waals surface area contributed by atoms with Crippen molar-refractivity contribution in [1.82, 2.24) is 10.5 Å². The highest BCUT2D eigenvalue weighted by atomic mass is 79.9. The number of nitrogens with one attached hydrogen (secondary N) is 1. The standard InChI is InChI=1S/C11H12BrN5O2/c12-8-1-2-10(14-6-8)11-5-9(19-16-11)7-18-4-3-15-17-13/h1-2,5-6,9,16H,3-4,7H2/t9-/m0/s1. The minimum atomic E-state index is -0.175. The molecule has 0 aromatic carbocycles. The molecule has 2 heterocycles. The van der Waals surface area contributed by atoms with Gasteiger partial charge in [0.05, 0.1) is 24.6 Å². The Morgan fingerprint density at radius 3 is 3.21 bits per heavy atom. The van der Waals surface area contributed by atoms with Crippen LogP contribution in [0.2, 0.25) is 0 Å². The molecule has 0 fully saturated rings. The third-order valence-corrected chi connectivity index (χ3v) is 2.83. The molecule has 1 aromatic heterocycles. The van der Waals surface area contributed by atoms with Crippen LogP contribution in [0.3, 0.4) is 0 Å². The lowest BCUT2D eigenvalue weighted by molar-refractivity contribution is -0.00835. The zero-order valence-electron chi connectivity index (χ0n) is 9.99. The minimum absolute atomic E-state index is 0.175. The highest BCUT2D eigenvalue weighted by Gasteiger charge is 2.18. The maximum atomic E-state index is 8.11. The van der Waals surface area contributed by atoms with Crippen LogP contribution in [0.25, 0.3) is 16.1 Å². The largest absolute Gasteiger partial charge is 0.378 e.